The van der Waals surface area contributed by atoms with Gasteiger partial charge in [-0.05, 0) is 50.3 Å². The van der Waals surface area contributed by atoms with E-state index in [1.54, 1.807) is 0 Å². The molecular weight excluding hydrogens is 282 g/mol. The molecule has 1 aliphatic carbocycles. The van der Waals surface area contributed by atoms with Gasteiger partial charge in [0, 0.05) is 16.8 Å². The Morgan fingerprint density at radius 2 is 2.05 bits per heavy atom. The van der Waals surface area contributed by atoms with Crippen molar-refractivity contribution in [3.8, 4) is 0 Å². The van der Waals surface area contributed by atoms with E-state index in [0.29, 0.717) is 5.15 Å². The van der Waals surface area contributed by atoms with Gasteiger partial charge < -0.3 is 0 Å². The molecule has 2 aromatic heterocycles. The molecule has 1 unspecified atom stereocenters. The highest BCUT2D eigenvalue weighted by Crippen LogP contribution is 2.37. The zero-order valence-electron chi connectivity index (χ0n) is 12.8. The summed E-state index contributed by atoms with van der Waals surface area (Å²) < 4.78 is 0. The quantitative estimate of drug-likeness (QED) is 0.791. The van der Waals surface area contributed by atoms with Crippen molar-refractivity contribution in [1.82, 2.24) is 15.0 Å². The zero-order valence-corrected chi connectivity index (χ0v) is 13.5. The molecule has 1 aliphatic rings. The summed E-state index contributed by atoms with van der Waals surface area (Å²) in [6, 6.07) is 6.16. The molecule has 0 spiro atoms. The summed E-state index contributed by atoms with van der Waals surface area (Å²) in [5.74, 6) is 0.866. The van der Waals surface area contributed by atoms with Gasteiger partial charge in [0.15, 0.2) is 0 Å². The fraction of sp³-hybridized carbons (Fsp3) is 0.471. The molecular formula is C17H20ClN3. The van der Waals surface area contributed by atoms with Crippen molar-refractivity contribution in [1.29, 1.82) is 0 Å². The van der Waals surface area contributed by atoms with Crippen LogP contribution in [0.25, 0.3) is 0 Å². The van der Waals surface area contributed by atoms with Crippen LogP contribution in [0.4, 0.5) is 0 Å². The average Bonchev–Trinajstić information content (AvgIpc) is 2.47. The molecule has 1 atom stereocenters. The number of nitrogens with zero attached hydrogens (tertiary/aromatic N) is 3. The van der Waals surface area contributed by atoms with E-state index in [4.69, 9.17) is 16.6 Å². The third-order valence-electron chi connectivity index (χ3n) is 4.40. The van der Waals surface area contributed by atoms with E-state index in [0.717, 1.165) is 48.6 Å². The van der Waals surface area contributed by atoms with E-state index in [2.05, 4.69) is 35.9 Å². The number of rotatable bonds is 2. The number of halogens is 1. The maximum Gasteiger partial charge on any atom is 0.129 e. The number of pyridine rings is 1. The maximum absolute atomic E-state index is 5.99. The first-order valence-corrected chi connectivity index (χ1v) is 7.87. The number of aromatic nitrogens is 3. The summed E-state index contributed by atoms with van der Waals surface area (Å²) in [7, 11) is 0. The van der Waals surface area contributed by atoms with Gasteiger partial charge in [-0.25, -0.2) is 15.0 Å². The monoisotopic (exact) mass is 301 g/mol. The summed E-state index contributed by atoms with van der Waals surface area (Å²) in [6.07, 6.45) is 3.91. The Bertz CT molecular complexity index is 684. The van der Waals surface area contributed by atoms with Gasteiger partial charge in [0.25, 0.3) is 0 Å². The van der Waals surface area contributed by atoms with Crippen LogP contribution in [0.15, 0.2) is 18.2 Å². The van der Waals surface area contributed by atoms with Crippen LogP contribution in [-0.2, 0) is 24.7 Å². The van der Waals surface area contributed by atoms with Crippen molar-refractivity contribution in [2.45, 2.75) is 51.9 Å². The molecule has 2 aromatic rings. The molecule has 21 heavy (non-hydrogen) atoms. The van der Waals surface area contributed by atoms with Crippen molar-refractivity contribution >= 4 is 11.6 Å². The molecule has 3 nitrogen and oxygen atoms in total. The lowest BCUT2D eigenvalue weighted by Crippen LogP contribution is -2.32. The Morgan fingerprint density at radius 1 is 1.24 bits per heavy atom. The highest BCUT2D eigenvalue weighted by atomic mass is 35.5. The number of fused-ring (bicyclic) bond motifs is 1. The van der Waals surface area contributed by atoms with Crippen LogP contribution in [0.5, 0.6) is 0 Å². The molecule has 4 heteroatoms. The maximum atomic E-state index is 5.99. The topological polar surface area (TPSA) is 38.7 Å². The Balaban J connectivity index is 1.99. The smallest absolute Gasteiger partial charge is 0.129 e. The SMILES string of the molecule is CCc1cc(C2(C)CCc3nc(Cl)ccc3C2)nc(C)n1. The molecule has 0 N–H and O–H groups in total. The van der Waals surface area contributed by atoms with E-state index in [-0.39, 0.29) is 5.41 Å². The highest BCUT2D eigenvalue weighted by Gasteiger charge is 2.34. The van der Waals surface area contributed by atoms with Crippen LogP contribution in [-0.4, -0.2) is 15.0 Å². The summed E-state index contributed by atoms with van der Waals surface area (Å²) in [6.45, 7) is 6.41. The minimum absolute atomic E-state index is 0.0557. The van der Waals surface area contributed by atoms with Gasteiger partial charge in [-0.15, -0.1) is 0 Å². The van der Waals surface area contributed by atoms with Crippen LogP contribution in [0.3, 0.4) is 0 Å². The van der Waals surface area contributed by atoms with Gasteiger partial charge in [0.1, 0.15) is 11.0 Å². The van der Waals surface area contributed by atoms with Crippen LogP contribution in [0, 0.1) is 6.92 Å². The molecule has 0 saturated heterocycles. The number of hydrogen-bond donors (Lipinski definition) is 0. The fourth-order valence-corrected chi connectivity index (χ4v) is 3.29. The second-order valence-corrected chi connectivity index (χ2v) is 6.51. The molecule has 0 aromatic carbocycles. The summed E-state index contributed by atoms with van der Waals surface area (Å²) in [5, 5.41) is 0.587. The summed E-state index contributed by atoms with van der Waals surface area (Å²) >= 11 is 5.99. The van der Waals surface area contributed by atoms with E-state index in [1.807, 2.05) is 13.0 Å². The first-order valence-electron chi connectivity index (χ1n) is 7.49. The van der Waals surface area contributed by atoms with E-state index < -0.39 is 0 Å². The van der Waals surface area contributed by atoms with Gasteiger partial charge in [-0.3, -0.25) is 0 Å². The standard InChI is InChI=1S/C17H20ClN3/c1-4-13-9-15(20-11(2)19-13)17(3)8-7-14-12(10-17)5-6-16(18)21-14/h5-6,9H,4,7-8,10H2,1-3H3. The molecule has 110 valence electrons. The van der Waals surface area contributed by atoms with Crippen molar-refractivity contribution in [3.05, 3.63) is 51.8 Å². The molecule has 0 amide bonds. The van der Waals surface area contributed by atoms with Crippen LogP contribution >= 0.6 is 11.6 Å². The average molecular weight is 302 g/mol. The minimum Gasteiger partial charge on any atom is -0.241 e. The number of hydrogen-bond acceptors (Lipinski definition) is 3. The van der Waals surface area contributed by atoms with E-state index >= 15 is 0 Å². The third kappa shape index (κ3) is 2.80. The van der Waals surface area contributed by atoms with Crippen molar-refractivity contribution in [3.63, 3.8) is 0 Å². The summed E-state index contributed by atoms with van der Waals surface area (Å²) in [4.78, 5) is 13.7. The van der Waals surface area contributed by atoms with Crippen LogP contribution in [0.1, 0.15) is 48.7 Å². The van der Waals surface area contributed by atoms with Crippen molar-refractivity contribution < 1.29 is 0 Å². The van der Waals surface area contributed by atoms with Gasteiger partial charge in [0.05, 0.1) is 5.69 Å². The first-order chi connectivity index (χ1) is 10.00. The molecule has 0 aliphatic heterocycles. The molecule has 3 rings (SSSR count). The lowest BCUT2D eigenvalue weighted by Gasteiger charge is -2.34. The van der Waals surface area contributed by atoms with Crippen molar-refractivity contribution in [2.75, 3.05) is 0 Å². The molecule has 0 bridgehead atoms. The predicted molar refractivity (Wildman–Crippen MR) is 84.8 cm³/mol. The molecule has 0 saturated carbocycles. The number of aryl methyl sites for hydroxylation is 3. The molecule has 0 fully saturated rings. The molecule has 0 radical (unpaired) electrons. The van der Waals surface area contributed by atoms with Crippen LogP contribution < -0.4 is 0 Å². The van der Waals surface area contributed by atoms with Crippen molar-refractivity contribution in [2.24, 2.45) is 0 Å². The molecule has 2 heterocycles. The Kier molecular flexibility index (Phi) is 3.70. The Labute approximate surface area is 130 Å². The van der Waals surface area contributed by atoms with Gasteiger partial charge >= 0.3 is 0 Å². The van der Waals surface area contributed by atoms with Gasteiger partial charge in [0.2, 0.25) is 0 Å². The van der Waals surface area contributed by atoms with Gasteiger partial charge in [-0.2, -0.15) is 0 Å². The second-order valence-electron chi connectivity index (χ2n) is 6.12. The third-order valence-corrected chi connectivity index (χ3v) is 4.61. The first kappa shape index (κ1) is 14.5. The highest BCUT2D eigenvalue weighted by molar-refractivity contribution is 6.29. The normalized spacial score (nSPS) is 21.1. The van der Waals surface area contributed by atoms with E-state index in [9.17, 15) is 0 Å². The zero-order chi connectivity index (χ0) is 15.0. The lowest BCUT2D eigenvalue weighted by atomic mass is 9.72. The lowest BCUT2D eigenvalue weighted by molar-refractivity contribution is 0.391. The fourth-order valence-electron chi connectivity index (χ4n) is 3.12. The largest absolute Gasteiger partial charge is 0.241 e. The van der Waals surface area contributed by atoms with Crippen LogP contribution in [0.2, 0.25) is 5.15 Å². The Morgan fingerprint density at radius 3 is 2.81 bits per heavy atom. The van der Waals surface area contributed by atoms with E-state index in [1.165, 1.54) is 5.56 Å². The predicted octanol–water partition coefficient (Wildman–Crippen LogP) is 3.84. The summed E-state index contributed by atoms with van der Waals surface area (Å²) in [5.41, 5.74) is 4.77. The second kappa shape index (κ2) is 5.38. The van der Waals surface area contributed by atoms with Gasteiger partial charge in [-0.1, -0.05) is 31.5 Å². The minimum atomic E-state index is 0.0557. The Hall–Kier alpha value is -1.48.